The van der Waals surface area contributed by atoms with Crippen LogP contribution in [0.25, 0.3) is 0 Å². The molecule has 0 amide bonds. The molecule has 0 saturated heterocycles. The first-order valence-corrected chi connectivity index (χ1v) is 9.47. The maximum atomic E-state index is 13.5. The van der Waals surface area contributed by atoms with Crippen molar-refractivity contribution in [3.63, 3.8) is 0 Å². The highest BCUT2D eigenvalue weighted by Gasteiger charge is 2.34. The molecule has 1 aromatic carbocycles. The lowest BCUT2D eigenvalue weighted by atomic mass is 9.83. The van der Waals surface area contributed by atoms with Crippen LogP contribution in [0.4, 0.5) is 0 Å². The van der Waals surface area contributed by atoms with Gasteiger partial charge in [0.05, 0.1) is 37.0 Å². The Morgan fingerprint density at radius 2 is 2.03 bits per heavy atom. The van der Waals surface area contributed by atoms with Gasteiger partial charge in [-0.1, -0.05) is 12.1 Å². The molecule has 0 fully saturated rings. The molecule has 0 saturated carbocycles. The molecule has 156 valence electrons. The lowest BCUT2D eigenvalue weighted by Crippen LogP contribution is -2.33. The fourth-order valence-electron chi connectivity index (χ4n) is 3.70. The number of aromatic nitrogens is 1. The zero-order valence-electron chi connectivity index (χ0n) is 16.9. The summed E-state index contributed by atoms with van der Waals surface area (Å²) in [6.45, 7) is 2.02. The van der Waals surface area contributed by atoms with Gasteiger partial charge in [-0.15, -0.1) is 0 Å². The molecule has 3 heterocycles. The first-order chi connectivity index (χ1) is 14.9. The molecule has 1 atom stereocenters. The third-order valence-corrected chi connectivity index (χ3v) is 5.25. The highest BCUT2D eigenvalue weighted by Crippen LogP contribution is 2.40. The highest BCUT2D eigenvalue weighted by molar-refractivity contribution is 5.89. The van der Waals surface area contributed by atoms with Crippen molar-refractivity contribution in [1.82, 2.24) is 4.57 Å². The van der Waals surface area contributed by atoms with E-state index in [0.29, 0.717) is 33.9 Å². The predicted octanol–water partition coefficient (Wildman–Crippen LogP) is 2.80. The van der Waals surface area contributed by atoms with E-state index in [0.717, 1.165) is 0 Å². The van der Waals surface area contributed by atoms with Crippen LogP contribution in [-0.4, -0.2) is 17.6 Å². The zero-order valence-corrected chi connectivity index (χ0v) is 16.9. The van der Waals surface area contributed by atoms with Crippen LogP contribution in [0.5, 0.6) is 5.75 Å². The van der Waals surface area contributed by atoms with E-state index in [2.05, 4.69) is 6.07 Å². The van der Waals surface area contributed by atoms with Gasteiger partial charge >= 0.3 is 5.97 Å². The molecule has 8 nitrogen and oxygen atoms in total. The largest absolute Gasteiger partial charge is 0.467 e. The van der Waals surface area contributed by atoms with Gasteiger partial charge in [0, 0.05) is 11.8 Å². The summed E-state index contributed by atoms with van der Waals surface area (Å²) in [4.78, 5) is 25.3. The van der Waals surface area contributed by atoms with Crippen LogP contribution in [0.2, 0.25) is 0 Å². The Labute approximate surface area is 177 Å². The second-order valence-corrected chi connectivity index (χ2v) is 7.07. The van der Waals surface area contributed by atoms with E-state index in [-0.39, 0.29) is 23.6 Å². The van der Waals surface area contributed by atoms with E-state index in [1.807, 2.05) is 0 Å². The quantitative estimate of drug-likeness (QED) is 0.648. The monoisotopic (exact) mass is 417 g/mol. The van der Waals surface area contributed by atoms with Crippen LogP contribution < -0.4 is 16.0 Å². The van der Waals surface area contributed by atoms with Crippen molar-refractivity contribution in [2.75, 3.05) is 7.11 Å². The molecule has 0 radical (unpaired) electrons. The first kappa shape index (κ1) is 20.0. The zero-order chi connectivity index (χ0) is 22.1. The van der Waals surface area contributed by atoms with Crippen LogP contribution >= 0.6 is 0 Å². The molecule has 8 heteroatoms. The van der Waals surface area contributed by atoms with Crippen molar-refractivity contribution in [2.24, 2.45) is 5.73 Å². The van der Waals surface area contributed by atoms with Crippen LogP contribution in [-0.2, 0) is 11.3 Å². The van der Waals surface area contributed by atoms with E-state index in [1.165, 1.54) is 7.11 Å². The summed E-state index contributed by atoms with van der Waals surface area (Å²) in [6, 6.07) is 13.8. The predicted molar refractivity (Wildman–Crippen MR) is 110 cm³/mol. The molecule has 0 unspecified atom stereocenters. The number of nitrogens with zero attached hydrogens (tertiary/aromatic N) is 2. The van der Waals surface area contributed by atoms with Crippen LogP contribution in [0.1, 0.15) is 38.9 Å². The number of allylic oxidation sites excluding steroid dienone is 1. The number of nitriles is 1. The Balaban J connectivity index is 1.89. The van der Waals surface area contributed by atoms with Gasteiger partial charge in [-0.2, -0.15) is 5.26 Å². The number of pyridine rings is 1. The fourth-order valence-corrected chi connectivity index (χ4v) is 3.70. The average Bonchev–Trinajstić information content (AvgIpc) is 3.28. The van der Waals surface area contributed by atoms with Crippen molar-refractivity contribution in [3.8, 4) is 11.8 Å². The van der Waals surface area contributed by atoms with Crippen LogP contribution in [0.15, 0.2) is 69.4 Å². The van der Waals surface area contributed by atoms with Gasteiger partial charge in [0.2, 0.25) is 5.88 Å². The summed E-state index contributed by atoms with van der Waals surface area (Å²) in [5.74, 6) is -0.352. The number of carbonyl (C=O) groups excluding carboxylic acids is 1. The average molecular weight is 417 g/mol. The third kappa shape index (κ3) is 3.46. The molecule has 2 aromatic heterocycles. The number of aryl methyl sites for hydroxylation is 1. The van der Waals surface area contributed by atoms with Crippen LogP contribution in [0.3, 0.4) is 0 Å². The number of carbonyl (C=O) groups is 1. The number of benzene rings is 1. The van der Waals surface area contributed by atoms with Gasteiger partial charge in [0.15, 0.2) is 0 Å². The number of esters is 1. The van der Waals surface area contributed by atoms with Gasteiger partial charge in [-0.25, -0.2) is 4.79 Å². The van der Waals surface area contributed by atoms with Gasteiger partial charge in [0.25, 0.3) is 5.56 Å². The summed E-state index contributed by atoms with van der Waals surface area (Å²) in [7, 11) is 1.30. The van der Waals surface area contributed by atoms with E-state index in [4.69, 9.17) is 19.6 Å². The molecule has 0 bridgehead atoms. The van der Waals surface area contributed by atoms with Gasteiger partial charge in [0.1, 0.15) is 23.2 Å². The maximum Gasteiger partial charge on any atom is 0.337 e. The van der Waals surface area contributed by atoms with Crippen LogP contribution in [0, 0.1) is 18.3 Å². The summed E-state index contributed by atoms with van der Waals surface area (Å²) < 4.78 is 17.3. The molecule has 4 rings (SSSR count). The Hall–Kier alpha value is -4.25. The van der Waals surface area contributed by atoms with Crippen molar-refractivity contribution in [2.45, 2.75) is 19.4 Å². The number of hydrogen-bond donors (Lipinski definition) is 1. The highest BCUT2D eigenvalue weighted by atomic mass is 16.5. The maximum absolute atomic E-state index is 13.5. The fraction of sp³-hybridized carbons (Fsp3) is 0.174. The topological polar surface area (TPSA) is 120 Å². The number of ether oxygens (including phenoxy) is 2. The lowest BCUT2D eigenvalue weighted by molar-refractivity contribution is 0.0600. The Bertz CT molecular complexity index is 1280. The molecule has 2 N–H and O–H groups in total. The number of methoxy groups -OCH3 is 1. The second-order valence-electron chi connectivity index (χ2n) is 7.07. The lowest BCUT2D eigenvalue weighted by Gasteiger charge is -2.27. The molecule has 1 aliphatic rings. The standard InChI is InChI=1S/C23H19N3O5/c1-13-10-18-20(22(27)26(13)12-16-4-3-9-30-16)19(17(11-24)21(25)31-18)14-5-7-15(8-6-14)23(28)29-2/h3-10,19H,12,25H2,1-2H3/t19-/m1/s1. The first-order valence-electron chi connectivity index (χ1n) is 9.47. The smallest absolute Gasteiger partial charge is 0.337 e. The molecule has 0 spiro atoms. The molecule has 0 aliphatic carbocycles. The van der Waals surface area contributed by atoms with Gasteiger partial charge < -0.3 is 24.2 Å². The van der Waals surface area contributed by atoms with Gasteiger partial charge in [-0.05, 0) is 36.8 Å². The normalized spacial score (nSPS) is 15.1. The summed E-state index contributed by atoms with van der Waals surface area (Å²) in [5, 5.41) is 9.76. The summed E-state index contributed by atoms with van der Waals surface area (Å²) in [5.41, 5.74) is 7.78. The Kier molecular flexibility index (Phi) is 5.09. The third-order valence-electron chi connectivity index (χ3n) is 5.25. The van der Waals surface area contributed by atoms with Crippen molar-refractivity contribution in [1.29, 1.82) is 5.26 Å². The molecular formula is C23H19N3O5. The second kappa shape index (κ2) is 7.88. The molecule has 3 aromatic rings. The van der Waals surface area contributed by atoms with Crippen molar-refractivity contribution < 1.29 is 18.7 Å². The minimum absolute atomic E-state index is 0.0559. The van der Waals surface area contributed by atoms with Crippen molar-refractivity contribution >= 4 is 5.97 Å². The van der Waals surface area contributed by atoms with E-state index < -0.39 is 11.9 Å². The molecule has 31 heavy (non-hydrogen) atoms. The number of nitrogens with two attached hydrogens (primary N) is 1. The minimum atomic E-state index is -0.739. The van der Waals surface area contributed by atoms with Gasteiger partial charge in [-0.3, -0.25) is 4.79 Å². The summed E-state index contributed by atoms with van der Waals surface area (Å²) >= 11 is 0. The van der Waals surface area contributed by atoms with E-state index in [9.17, 15) is 14.9 Å². The SMILES string of the molecule is COC(=O)c1ccc([C@@H]2C(C#N)=C(N)Oc3cc(C)n(Cc4ccco4)c(=O)c32)cc1. The number of rotatable bonds is 4. The number of fused-ring (bicyclic) bond motifs is 1. The van der Waals surface area contributed by atoms with E-state index >= 15 is 0 Å². The minimum Gasteiger partial charge on any atom is -0.467 e. The molecule has 1 aliphatic heterocycles. The molecular weight excluding hydrogens is 398 g/mol. The Morgan fingerprint density at radius 1 is 1.29 bits per heavy atom. The summed E-state index contributed by atoms with van der Waals surface area (Å²) in [6.07, 6.45) is 1.54. The van der Waals surface area contributed by atoms with Crippen molar-refractivity contribution in [3.05, 3.63) is 98.7 Å². The number of furan rings is 1. The van der Waals surface area contributed by atoms with E-state index in [1.54, 1.807) is 60.2 Å². The number of hydrogen-bond acceptors (Lipinski definition) is 7. The Morgan fingerprint density at radius 3 is 2.65 bits per heavy atom.